The monoisotopic (exact) mass is 232 g/mol. The summed E-state index contributed by atoms with van der Waals surface area (Å²) >= 11 is 5.87. The minimum absolute atomic E-state index is 0.236. The molecule has 0 aliphatic rings. The number of rotatable bonds is 2. The van der Waals surface area contributed by atoms with Crippen LogP contribution < -0.4 is 5.73 Å². The lowest BCUT2D eigenvalue weighted by atomic mass is 10.1. The third kappa shape index (κ3) is 2.00. The van der Waals surface area contributed by atoms with Crippen molar-refractivity contribution in [2.75, 3.05) is 5.73 Å². The van der Waals surface area contributed by atoms with Crippen LogP contribution in [0.2, 0.25) is 5.02 Å². The smallest absolute Gasteiger partial charge is 0.163 e. The van der Waals surface area contributed by atoms with Crippen LogP contribution >= 0.6 is 11.6 Å². The van der Waals surface area contributed by atoms with Crippen LogP contribution in [0.5, 0.6) is 0 Å². The fourth-order valence-electron chi connectivity index (χ4n) is 1.50. The SMILES string of the molecule is N#Cc1c(N)n[nH]c1Cc1cccc(Cl)c1. The molecule has 4 nitrogen and oxygen atoms in total. The summed E-state index contributed by atoms with van der Waals surface area (Å²) in [5.74, 6) is 0.236. The predicted octanol–water partition coefficient (Wildman–Crippen LogP) is 2.11. The Morgan fingerprint density at radius 3 is 3.00 bits per heavy atom. The van der Waals surface area contributed by atoms with Gasteiger partial charge in [0.15, 0.2) is 5.82 Å². The second-order valence-corrected chi connectivity index (χ2v) is 3.82. The topological polar surface area (TPSA) is 78.5 Å². The number of hydrogen-bond donors (Lipinski definition) is 2. The van der Waals surface area contributed by atoms with E-state index in [1.54, 1.807) is 6.07 Å². The number of nitrogens with one attached hydrogen (secondary N) is 1. The van der Waals surface area contributed by atoms with Crippen LogP contribution in [0.4, 0.5) is 5.82 Å². The number of nitrogen functional groups attached to an aromatic ring is 1. The van der Waals surface area contributed by atoms with E-state index in [0.29, 0.717) is 22.7 Å². The molecule has 16 heavy (non-hydrogen) atoms. The molecule has 0 unspecified atom stereocenters. The minimum Gasteiger partial charge on any atom is -0.381 e. The maximum atomic E-state index is 8.90. The van der Waals surface area contributed by atoms with Crippen LogP contribution in [0, 0.1) is 11.3 Å². The average Bonchev–Trinajstić information content (AvgIpc) is 2.59. The first-order chi connectivity index (χ1) is 7.70. The van der Waals surface area contributed by atoms with Gasteiger partial charge in [0.1, 0.15) is 11.6 Å². The van der Waals surface area contributed by atoms with Gasteiger partial charge in [-0.25, -0.2) is 0 Å². The van der Waals surface area contributed by atoms with Crippen LogP contribution in [-0.2, 0) is 6.42 Å². The predicted molar refractivity (Wildman–Crippen MR) is 62.0 cm³/mol. The van der Waals surface area contributed by atoms with Crippen LogP contribution in [-0.4, -0.2) is 10.2 Å². The molecule has 0 saturated carbocycles. The molecule has 1 heterocycles. The number of nitrogens with two attached hydrogens (primary N) is 1. The molecular formula is C11H9ClN4. The van der Waals surface area contributed by atoms with Crippen LogP contribution in [0.3, 0.4) is 0 Å². The van der Waals surface area contributed by atoms with Crippen molar-refractivity contribution in [1.82, 2.24) is 10.2 Å². The number of aromatic nitrogens is 2. The number of nitriles is 1. The van der Waals surface area contributed by atoms with E-state index in [9.17, 15) is 0 Å². The van der Waals surface area contributed by atoms with Crippen LogP contribution in [0.1, 0.15) is 16.8 Å². The highest BCUT2D eigenvalue weighted by atomic mass is 35.5. The standard InChI is InChI=1S/C11H9ClN4/c12-8-3-1-2-7(4-8)5-10-9(6-13)11(14)16-15-10/h1-4H,5H2,(H3,14,15,16). The molecule has 0 fully saturated rings. The summed E-state index contributed by atoms with van der Waals surface area (Å²) in [6.07, 6.45) is 0.563. The Kier molecular flexibility index (Phi) is 2.80. The molecule has 3 N–H and O–H groups in total. The van der Waals surface area contributed by atoms with Gasteiger partial charge < -0.3 is 5.73 Å². The Morgan fingerprint density at radius 1 is 1.50 bits per heavy atom. The Bertz CT molecular complexity index is 553. The zero-order chi connectivity index (χ0) is 11.5. The normalized spacial score (nSPS) is 10.0. The zero-order valence-corrected chi connectivity index (χ0v) is 9.12. The highest BCUT2D eigenvalue weighted by molar-refractivity contribution is 6.30. The fourth-order valence-corrected chi connectivity index (χ4v) is 1.71. The van der Waals surface area contributed by atoms with Gasteiger partial charge in [0.2, 0.25) is 0 Å². The van der Waals surface area contributed by atoms with Gasteiger partial charge in [-0.2, -0.15) is 10.4 Å². The maximum absolute atomic E-state index is 8.90. The first kappa shape index (κ1) is 10.5. The Balaban J connectivity index is 2.31. The quantitative estimate of drug-likeness (QED) is 0.832. The van der Waals surface area contributed by atoms with Gasteiger partial charge in [0.05, 0.1) is 5.69 Å². The second-order valence-electron chi connectivity index (χ2n) is 3.38. The molecule has 5 heteroatoms. The van der Waals surface area contributed by atoms with Crippen molar-refractivity contribution in [3.63, 3.8) is 0 Å². The number of anilines is 1. The third-order valence-corrected chi connectivity index (χ3v) is 2.49. The van der Waals surface area contributed by atoms with Crippen molar-refractivity contribution in [3.8, 4) is 6.07 Å². The summed E-state index contributed by atoms with van der Waals surface area (Å²) in [5.41, 5.74) is 7.66. The average molecular weight is 233 g/mol. The lowest BCUT2D eigenvalue weighted by Gasteiger charge is -1.99. The van der Waals surface area contributed by atoms with Crippen molar-refractivity contribution >= 4 is 17.4 Å². The third-order valence-electron chi connectivity index (χ3n) is 2.25. The van der Waals surface area contributed by atoms with E-state index in [-0.39, 0.29) is 5.82 Å². The molecule has 0 amide bonds. The van der Waals surface area contributed by atoms with E-state index < -0.39 is 0 Å². The summed E-state index contributed by atoms with van der Waals surface area (Å²) in [4.78, 5) is 0. The van der Waals surface area contributed by atoms with Crippen molar-refractivity contribution in [2.45, 2.75) is 6.42 Å². The van der Waals surface area contributed by atoms with Crippen molar-refractivity contribution in [1.29, 1.82) is 5.26 Å². The Labute approximate surface area is 97.7 Å². The molecular weight excluding hydrogens is 224 g/mol. The Hall–Kier alpha value is -1.99. The molecule has 2 rings (SSSR count). The first-order valence-corrected chi connectivity index (χ1v) is 5.05. The van der Waals surface area contributed by atoms with Gasteiger partial charge in [0, 0.05) is 11.4 Å². The van der Waals surface area contributed by atoms with E-state index in [1.165, 1.54) is 0 Å². The minimum atomic E-state index is 0.236. The summed E-state index contributed by atoms with van der Waals surface area (Å²) in [6.45, 7) is 0. The highest BCUT2D eigenvalue weighted by Gasteiger charge is 2.10. The summed E-state index contributed by atoms with van der Waals surface area (Å²) in [6, 6.07) is 9.48. The lowest BCUT2D eigenvalue weighted by molar-refractivity contribution is 0.997. The van der Waals surface area contributed by atoms with Gasteiger partial charge in [-0.3, -0.25) is 5.10 Å². The largest absolute Gasteiger partial charge is 0.381 e. The molecule has 0 saturated heterocycles. The summed E-state index contributed by atoms with van der Waals surface area (Å²) in [7, 11) is 0. The van der Waals surface area contributed by atoms with Gasteiger partial charge in [-0.1, -0.05) is 23.7 Å². The molecule has 0 spiro atoms. The summed E-state index contributed by atoms with van der Waals surface area (Å²) < 4.78 is 0. The molecule has 80 valence electrons. The molecule has 0 atom stereocenters. The number of benzene rings is 1. The highest BCUT2D eigenvalue weighted by Crippen LogP contribution is 2.18. The van der Waals surface area contributed by atoms with Crippen molar-refractivity contribution in [3.05, 3.63) is 46.1 Å². The zero-order valence-electron chi connectivity index (χ0n) is 8.37. The van der Waals surface area contributed by atoms with E-state index in [2.05, 4.69) is 10.2 Å². The first-order valence-electron chi connectivity index (χ1n) is 4.68. The lowest BCUT2D eigenvalue weighted by Crippen LogP contribution is -1.92. The van der Waals surface area contributed by atoms with Gasteiger partial charge >= 0.3 is 0 Å². The number of halogens is 1. The van der Waals surface area contributed by atoms with E-state index >= 15 is 0 Å². The van der Waals surface area contributed by atoms with Crippen molar-refractivity contribution in [2.24, 2.45) is 0 Å². The maximum Gasteiger partial charge on any atom is 0.163 e. The molecule has 2 aromatic rings. The molecule has 0 bridgehead atoms. The summed E-state index contributed by atoms with van der Waals surface area (Å²) in [5, 5.41) is 16.1. The number of aromatic amines is 1. The number of nitrogens with zero attached hydrogens (tertiary/aromatic N) is 2. The molecule has 0 aliphatic heterocycles. The number of hydrogen-bond acceptors (Lipinski definition) is 3. The van der Waals surface area contributed by atoms with Gasteiger partial charge in [0.25, 0.3) is 0 Å². The van der Waals surface area contributed by atoms with Gasteiger partial charge in [-0.15, -0.1) is 0 Å². The number of H-pyrrole nitrogens is 1. The van der Waals surface area contributed by atoms with Crippen LogP contribution in [0.15, 0.2) is 24.3 Å². The van der Waals surface area contributed by atoms with E-state index in [1.807, 2.05) is 24.3 Å². The molecule has 0 aliphatic carbocycles. The van der Waals surface area contributed by atoms with E-state index in [0.717, 1.165) is 5.56 Å². The van der Waals surface area contributed by atoms with Gasteiger partial charge in [-0.05, 0) is 17.7 Å². The van der Waals surface area contributed by atoms with Crippen molar-refractivity contribution < 1.29 is 0 Å². The van der Waals surface area contributed by atoms with Crippen LogP contribution in [0.25, 0.3) is 0 Å². The second kappa shape index (κ2) is 4.25. The Morgan fingerprint density at radius 2 is 2.31 bits per heavy atom. The molecule has 1 aromatic carbocycles. The fraction of sp³-hybridized carbons (Fsp3) is 0.0909. The molecule has 0 radical (unpaired) electrons. The molecule has 1 aromatic heterocycles. The van der Waals surface area contributed by atoms with E-state index in [4.69, 9.17) is 22.6 Å².